The van der Waals surface area contributed by atoms with Crippen molar-refractivity contribution in [2.24, 2.45) is 0 Å². The Hall–Kier alpha value is -1.70. The van der Waals surface area contributed by atoms with Crippen LogP contribution in [0, 0.1) is 11.6 Å². The molecule has 0 aliphatic heterocycles. The summed E-state index contributed by atoms with van der Waals surface area (Å²) >= 11 is 0. The van der Waals surface area contributed by atoms with Crippen molar-refractivity contribution in [1.29, 1.82) is 0 Å². The summed E-state index contributed by atoms with van der Waals surface area (Å²) in [7, 11) is 0. The lowest BCUT2D eigenvalue weighted by Crippen LogP contribution is -1.89. The van der Waals surface area contributed by atoms with Gasteiger partial charge in [0, 0.05) is 0 Å². The van der Waals surface area contributed by atoms with E-state index in [2.05, 4.69) is 0 Å². The standard InChI is InChI=1S/C13H10F2/c14-12-6-4-10(5-7-12)8-11-2-1-3-13(15)9-11/h1-7,9H,8H2. The van der Waals surface area contributed by atoms with Crippen molar-refractivity contribution in [1.82, 2.24) is 0 Å². The summed E-state index contributed by atoms with van der Waals surface area (Å²) in [5, 5.41) is 0. The molecule has 76 valence electrons. The molecule has 0 unspecified atom stereocenters. The normalized spacial score (nSPS) is 10.3. The van der Waals surface area contributed by atoms with Crippen molar-refractivity contribution in [3.63, 3.8) is 0 Å². The average molecular weight is 204 g/mol. The van der Waals surface area contributed by atoms with Gasteiger partial charge in [-0.05, 0) is 41.8 Å². The van der Waals surface area contributed by atoms with E-state index in [1.54, 1.807) is 18.2 Å². The van der Waals surface area contributed by atoms with E-state index in [9.17, 15) is 8.78 Å². The maximum atomic E-state index is 12.9. The van der Waals surface area contributed by atoms with Gasteiger partial charge in [-0.15, -0.1) is 0 Å². The van der Waals surface area contributed by atoms with Gasteiger partial charge in [0.2, 0.25) is 0 Å². The smallest absolute Gasteiger partial charge is 0.123 e. The highest BCUT2D eigenvalue weighted by Crippen LogP contribution is 2.11. The Labute approximate surface area is 87.2 Å². The van der Waals surface area contributed by atoms with E-state index in [1.165, 1.54) is 24.3 Å². The van der Waals surface area contributed by atoms with Crippen molar-refractivity contribution >= 4 is 0 Å². The second-order valence-electron chi connectivity index (χ2n) is 3.43. The maximum absolute atomic E-state index is 12.9. The van der Waals surface area contributed by atoms with Gasteiger partial charge in [0.15, 0.2) is 0 Å². The molecule has 0 radical (unpaired) electrons. The van der Waals surface area contributed by atoms with Crippen LogP contribution in [0.5, 0.6) is 0 Å². The molecule has 2 rings (SSSR count). The Balaban J connectivity index is 2.18. The molecule has 0 heterocycles. The van der Waals surface area contributed by atoms with E-state index >= 15 is 0 Å². The first-order valence-electron chi connectivity index (χ1n) is 4.73. The average Bonchev–Trinajstić information content (AvgIpc) is 2.22. The summed E-state index contributed by atoms with van der Waals surface area (Å²) in [6.45, 7) is 0. The zero-order valence-electron chi connectivity index (χ0n) is 8.08. The molecule has 0 aliphatic rings. The van der Waals surface area contributed by atoms with Crippen LogP contribution in [0.2, 0.25) is 0 Å². The molecule has 0 spiro atoms. The maximum Gasteiger partial charge on any atom is 0.123 e. The molecule has 0 fully saturated rings. The molecule has 15 heavy (non-hydrogen) atoms. The Morgan fingerprint density at radius 1 is 0.733 bits per heavy atom. The summed E-state index contributed by atoms with van der Waals surface area (Å²) in [6.07, 6.45) is 0.623. The number of benzene rings is 2. The van der Waals surface area contributed by atoms with Gasteiger partial charge >= 0.3 is 0 Å². The molecule has 2 aromatic carbocycles. The zero-order chi connectivity index (χ0) is 10.7. The van der Waals surface area contributed by atoms with Crippen LogP contribution in [0.4, 0.5) is 8.78 Å². The molecule has 0 atom stereocenters. The molecule has 0 N–H and O–H groups in total. The molecule has 0 amide bonds. The number of hydrogen-bond donors (Lipinski definition) is 0. The lowest BCUT2D eigenvalue weighted by atomic mass is 10.1. The summed E-state index contributed by atoms with van der Waals surface area (Å²) in [6, 6.07) is 12.7. The SMILES string of the molecule is Fc1ccc(Cc2cccc(F)c2)cc1. The summed E-state index contributed by atoms with van der Waals surface area (Å²) in [5.74, 6) is -0.493. The largest absolute Gasteiger partial charge is 0.207 e. The highest BCUT2D eigenvalue weighted by Gasteiger charge is 1.98. The second kappa shape index (κ2) is 4.22. The fourth-order valence-electron chi connectivity index (χ4n) is 1.48. The Morgan fingerprint density at radius 2 is 1.47 bits per heavy atom. The first-order chi connectivity index (χ1) is 7.24. The molecular formula is C13H10F2. The van der Waals surface area contributed by atoms with Crippen molar-refractivity contribution in [3.05, 3.63) is 71.3 Å². The molecule has 2 heteroatoms. The first-order valence-corrected chi connectivity index (χ1v) is 4.73. The van der Waals surface area contributed by atoms with Crippen LogP contribution in [0.15, 0.2) is 48.5 Å². The molecule has 0 aromatic heterocycles. The molecule has 0 nitrogen and oxygen atoms in total. The van der Waals surface area contributed by atoms with Crippen LogP contribution in [0.3, 0.4) is 0 Å². The van der Waals surface area contributed by atoms with Crippen molar-refractivity contribution in [2.75, 3.05) is 0 Å². The molecule has 0 saturated heterocycles. The zero-order valence-corrected chi connectivity index (χ0v) is 8.08. The summed E-state index contributed by atoms with van der Waals surface area (Å²) in [5.41, 5.74) is 1.86. The van der Waals surface area contributed by atoms with E-state index in [-0.39, 0.29) is 11.6 Å². The predicted molar refractivity (Wildman–Crippen MR) is 55.6 cm³/mol. The van der Waals surface area contributed by atoms with Crippen LogP contribution in [-0.2, 0) is 6.42 Å². The summed E-state index contributed by atoms with van der Waals surface area (Å²) in [4.78, 5) is 0. The van der Waals surface area contributed by atoms with E-state index in [0.29, 0.717) is 6.42 Å². The Kier molecular flexibility index (Phi) is 2.77. The number of hydrogen-bond acceptors (Lipinski definition) is 0. The third-order valence-corrected chi connectivity index (χ3v) is 2.21. The minimum Gasteiger partial charge on any atom is -0.207 e. The Morgan fingerprint density at radius 3 is 2.13 bits per heavy atom. The lowest BCUT2D eigenvalue weighted by molar-refractivity contribution is 0.624. The fourth-order valence-corrected chi connectivity index (χ4v) is 1.48. The van der Waals surface area contributed by atoms with E-state index < -0.39 is 0 Å². The monoisotopic (exact) mass is 204 g/mol. The van der Waals surface area contributed by atoms with Crippen LogP contribution in [-0.4, -0.2) is 0 Å². The van der Waals surface area contributed by atoms with E-state index in [4.69, 9.17) is 0 Å². The van der Waals surface area contributed by atoms with Crippen LogP contribution < -0.4 is 0 Å². The van der Waals surface area contributed by atoms with Gasteiger partial charge < -0.3 is 0 Å². The van der Waals surface area contributed by atoms with Crippen molar-refractivity contribution in [3.8, 4) is 0 Å². The third-order valence-electron chi connectivity index (χ3n) is 2.21. The quantitative estimate of drug-likeness (QED) is 0.701. The topological polar surface area (TPSA) is 0 Å². The molecule has 0 aliphatic carbocycles. The highest BCUT2D eigenvalue weighted by atomic mass is 19.1. The molecular weight excluding hydrogens is 194 g/mol. The van der Waals surface area contributed by atoms with Crippen LogP contribution in [0.1, 0.15) is 11.1 Å². The minimum atomic E-state index is -0.252. The highest BCUT2D eigenvalue weighted by molar-refractivity contribution is 5.26. The molecule has 0 bridgehead atoms. The second-order valence-corrected chi connectivity index (χ2v) is 3.43. The minimum absolute atomic E-state index is 0.241. The Bertz CT molecular complexity index is 446. The van der Waals surface area contributed by atoms with Gasteiger partial charge in [-0.2, -0.15) is 0 Å². The summed E-state index contributed by atoms with van der Waals surface area (Å²) < 4.78 is 25.5. The fraction of sp³-hybridized carbons (Fsp3) is 0.0769. The lowest BCUT2D eigenvalue weighted by Gasteiger charge is -2.01. The van der Waals surface area contributed by atoms with Gasteiger partial charge in [-0.25, -0.2) is 8.78 Å². The molecule has 2 aromatic rings. The van der Waals surface area contributed by atoms with Gasteiger partial charge in [0.05, 0.1) is 0 Å². The number of rotatable bonds is 2. The van der Waals surface area contributed by atoms with E-state index in [0.717, 1.165) is 11.1 Å². The van der Waals surface area contributed by atoms with Gasteiger partial charge in [-0.3, -0.25) is 0 Å². The first kappa shape index (κ1) is 9.84. The van der Waals surface area contributed by atoms with Crippen LogP contribution in [0.25, 0.3) is 0 Å². The van der Waals surface area contributed by atoms with Gasteiger partial charge in [0.25, 0.3) is 0 Å². The predicted octanol–water partition coefficient (Wildman–Crippen LogP) is 3.56. The number of halogens is 2. The van der Waals surface area contributed by atoms with E-state index in [1.807, 2.05) is 6.07 Å². The van der Waals surface area contributed by atoms with Crippen molar-refractivity contribution in [2.45, 2.75) is 6.42 Å². The third kappa shape index (κ3) is 2.62. The molecule has 0 saturated carbocycles. The van der Waals surface area contributed by atoms with Crippen LogP contribution >= 0.6 is 0 Å². The van der Waals surface area contributed by atoms with Crippen molar-refractivity contribution < 1.29 is 8.78 Å². The van der Waals surface area contributed by atoms with Gasteiger partial charge in [-0.1, -0.05) is 24.3 Å². The van der Waals surface area contributed by atoms with Gasteiger partial charge in [0.1, 0.15) is 11.6 Å².